The summed E-state index contributed by atoms with van der Waals surface area (Å²) in [5.41, 5.74) is 0.634. The SMILES string of the molecule is COc1ccc(CSc2ccc(S(C)(=O)=O)cc2[N+](=O)[O-])cc1Cl. The summed E-state index contributed by atoms with van der Waals surface area (Å²) in [6.07, 6.45) is 1.01. The van der Waals surface area contributed by atoms with Crippen LogP contribution in [0.1, 0.15) is 5.56 Å². The van der Waals surface area contributed by atoms with Gasteiger partial charge in [0.1, 0.15) is 5.75 Å². The molecule has 0 aliphatic heterocycles. The van der Waals surface area contributed by atoms with E-state index in [1.807, 2.05) is 6.07 Å². The van der Waals surface area contributed by atoms with Gasteiger partial charge in [-0.3, -0.25) is 10.1 Å². The van der Waals surface area contributed by atoms with Gasteiger partial charge in [0.2, 0.25) is 0 Å². The van der Waals surface area contributed by atoms with E-state index < -0.39 is 14.8 Å². The molecule has 0 unspecified atom stereocenters. The van der Waals surface area contributed by atoms with Gasteiger partial charge in [0.15, 0.2) is 9.84 Å². The smallest absolute Gasteiger partial charge is 0.284 e. The largest absolute Gasteiger partial charge is 0.495 e. The Morgan fingerprint density at radius 2 is 1.96 bits per heavy atom. The van der Waals surface area contributed by atoms with Crippen LogP contribution in [0.25, 0.3) is 0 Å². The van der Waals surface area contributed by atoms with Gasteiger partial charge in [0.05, 0.1) is 26.8 Å². The van der Waals surface area contributed by atoms with E-state index in [-0.39, 0.29) is 10.6 Å². The summed E-state index contributed by atoms with van der Waals surface area (Å²) in [6.45, 7) is 0. The summed E-state index contributed by atoms with van der Waals surface area (Å²) < 4.78 is 28.2. The summed E-state index contributed by atoms with van der Waals surface area (Å²) in [6, 6.07) is 9.16. The standard InChI is InChI=1S/C15H14ClNO5S2/c1-22-14-5-3-10(7-12(14)16)9-23-15-6-4-11(24(2,20)21)8-13(15)17(18)19/h3-8H,9H2,1-2H3. The summed E-state index contributed by atoms with van der Waals surface area (Å²) >= 11 is 7.29. The fourth-order valence-electron chi connectivity index (χ4n) is 1.95. The van der Waals surface area contributed by atoms with Crippen molar-refractivity contribution in [2.24, 2.45) is 0 Å². The molecule has 2 aromatic carbocycles. The van der Waals surface area contributed by atoms with Crippen LogP contribution in [0.4, 0.5) is 5.69 Å². The van der Waals surface area contributed by atoms with E-state index in [2.05, 4.69) is 0 Å². The van der Waals surface area contributed by atoms with Crippen molar-refractivity contribution >= 4 is 38.9 Å². The van der Waals surface area contributed by atoms with Crippen LogP contribution in [0.15, 0.2) is 46.2 Å². The lowest BCUT2D eigenvalue weighted by molar-refractivity contribution is -0.388. The molecule has 2 rings (SSSR count). The van der Waals surface area contributed by atoms with Gasteiger partial charge >= 0.3 is 0 Å². The Bertz CT molecular complexity index is 883. The zero-order valence-corrected chi connectivity index (χ0v) is 15.2. The molecule has 0 N–H and O–H groups in total. The highest BCUT2D eigenvalue weighted by molar-refractivity contribution is 7.98. The number of sulfone groups is 1. The van der Waals surface area contributed by atoms with Crippen LogP contribution in [0.5, 0.6) is 5.75 Å². The van der Waals surface area contributed by atoms with Gasteiger partial charge in [-0.1, -0.05) is 17.7 Å². The molecule has 0 saturated heterocycles. The first-order valence-corrected chi connectivity index (χ1v) is 9.91. The Hall–Kier alpha value is -1.77. The van der Waals surface area contributed by atoms with Crippen LogP contribution < -0.4 is 4.74 Å². The fourth-order valence-corrected chi connectivity index (χ4v) is 3.82. The summed E-state index contributed by atoms with van der Waals surface area (Å²) in [5, 5.41) is 11.7. The van der Waals surface area contributed by atoms with Gasteiger partial charge in [-0.15, -0.1) is 11.8 Å². The van der Waals surface area contributed by atoms with Gasteiger partial charge in [0, 0.05) is 18.1 Å². The highest BCUT2D eigenvalue weighted by Crippen LogP contribution is 2.34. The molecule has 6 nitrogen and oxygen atoms in total. The maximum Gasteiger partial charge on any atom is 0.284 e. The molecule has 24 heavy (non-hydrogen) atoms. The van der Waals surface area contributed by atoms with Crippen molar-refractivity contribution in [2.75, 3.05) is 13.4 Å². The minimum absolute atomic E-state index is 0.0777. The Kier molecular flexibility index (Phi) is 5.74. The fraction of sp³-hybridized carbons (Fsp3) is 0.200. The van der Waals surface area contributed by atoms with Gasteiger partial charge in [-0.25, -0.2) is 8.42 Å². The van der Waals surface area contributed by atoms with Crippen LogP contribution in [0.3, 0.4) is 0 Å². The van der Waals surface area contributed by atoms with E-state index in [0.29, 0.717) is 21.4 Å². The molecule has 0 aliphatic carbocycles. The molecule has 2 aromatic rings. The third-order valence-electron chi connectivity index (χ3n) is 3.17. The molecular weight excluding hydrogens is 374 g/mol. The quantitative estimate of drug-likeness (QED) is 0.423. The Balaban J connectivity index is 2.26. The van der Waals surface area contributed by atoms with Gasteiger partial charge < -0.3 is 4.74 Å². The maximum atomic E-state index is 11.5. The maximum absolute atomic E-state index is 11.5. The van der Waals surface area contributed by atoms with Crippen LogP contribution >= 0.6 is 23.4 Å². The molecule has 0 fully saturated rings. The Morgan fingerprint density at radius 1 is 1.25 bits per heavy atom. The van der Waals surface area contributed by atoms with Gasteiger partial charge in [0.25, 0.3) is 5.69 Å². The Morgan fingerprint density at radius 3 is 2.50 bits per heavy atom. The predicted molar refractivity (Wildman–Crippen MR) is 93.8 cm³/mol. The monoisotopic (exact) mass is 387 g/mol. The molecular formula is C15H14ClNO5S2. The van der Waals surface area contributed by atoms with Crippen LogP contribution in [0, 0.1) is 10.1 Å². The molecule has 0 heterocycles. The topological polar surface area (TPSA) is 86.5 Å². The number of benzene rings is 2. The second kappa shape index (κ2) is 7.42. The zero-order chi connectivity index (χ0) is 17.9. The first kappa shape index (κ1) is 18.6. The summed E-state index contributed by atoms with van der Waals surface area (Å²) in [7, 11) is -1.98. The summed E-state index contributed by atoms with van der Waals surface area (Å²) in [5.74, 6) is 0.997. The minimum atomic E-state index is -3.50. The van der Waals surface area contributed by atoms with Crippen LogP contribution in [0.2, 0.25) is 5.02 Å². The molecule has 128 valence electrons. The number of ether oxygens (including phenoxy) is 1. The van der Waals surface area contributed by atoms with Crippen molar-refractivity contribution in [2.45, 2.75) is 15.5 Å². The van der Waals surface area contributed by atoms with E-state index >= 15 is 0 Å². The predicted octanol–water partition coefficient (Wildman–Crippen LogP) is 3.95. The van der Waals surface area contributed by atoms with Crippen molar-refractivity contribution < 1.29 is 18.1 Å². The van der Waals surface area contributed by atoms with Crippen molar-refractivity contribution in [3.63, 3.8) is 0 Å². The summed E-state index contributed by atoms with van der Waals surface area (Å²) in [4.78, 5) is 10.9. The average molecular weight is 388 g/mol. The second-order valence-corrected chi connectivity index (χ2v) is 8.36. The molecule has 0 bridgehead atoms. The van der Waals surface area contributed by atoms with Crippen LogP contribution in [-0.4, -0.2) is 26.7 Å². The molecule has 0 radical (unpaired) electrons. The van der Waals surface area contributed by atoms with E-state index in [1.54, 1.807) is 12.1 Å². The average Bonchev–Trinajstić information content (AvgIpc) is 2.51. The number of hydrogen-bond donors (Lipinski definition) is 0. The molecule has 0 aliphatic rings. The molecule has 0 saturated carbocycles. The number of methoxy groups -OCH3 is 1. The lowest BCUT2D eigenvalue weighted by Crippen LogP contribution is -1.99. The minimum Gasteiger partial charge on any atom is -0.495 e. The molecule has 0 amide bonds. The van der Waals surface area contributed by atoms with E-state index in [9.17, 15) is 18.5 Å². The van der Waals surface area contributed by atoms with Crippen molar-refractivity contribution in [3.8, 4) is 5.75 Å². The lowest BCUT2D eigenvalue weighted by Gasteiger charge is -2.07. The number of nitro benzene ring substituents is 1. The highest BCUT2D eigenvalue weighted by Gasteiger charge is 2.19. The number of hydrogen-bond acceptors (Lipinski definition) is 6. The number of nitro groups is 1. The number of rotatable bonds is 6. The van der Waals surface area contributed by atoms with E-state index in [4.69, 9.17) is 16.3 Å². The molecule has 0 aromatic heterocycles. The number of thioether (sulfide) groups is 1. The zero-order valence-electron chi connectivity index (χ0n) is 12.9. The number of halogens is 1. The van der Waals surface area contributed by atoms with E-state index in [0.717, 1.165) is 17.9 Å². The first-order chi connectivity index (χ1) is 11.2. The second-order valence-electron chi connectivity index (χ2n) is 4.92. The van der Waals surface area contributed by atoms with Crippen molar-refractivity contribution in [1.29, 1.82) is 0 Å². The normalized spacial score (nSPS) is 11.3. The van der Waals surface area contributed by atoms with Crippen LogP contribution in [-0.2, 0) is 15.6 Å². The van der Waals surface area contributed by atoms with E-state index in [1.165, 1.54) is 31.0 Å². The molecule has 9 heteroatoms. The highest BCUT2D eigenvalue weighted by atomic mass is 35.5. The third-order valence-corrected chi connectivity index (χ3v) is 5.71. The Labute approximate surface area is 148 Å². The van der Waals surface area contributed by atoms with Crippen molar-refractivity contribution in [1.82, 2.24) is 0 Å². The molecule has 0 spiro atoms. The number of nitrogens with zero attached hydrogens (tertiary/aromatic N) is 1. The van der Waals surface area contributed by atoms with Gasteiger partial charge in [-0.05, 0) is 29.8 Å². The third kappa shape index (κ3) is 4.40. The molecule has 0 atom stereocenters. The van der Waals surface area contributed by atoms with Gasteiger partial charge in [-0.2, -0.15) is 0 Å². The lowest BCUT2D eigenvalue weighted by atomic mass is 10.2. The first-order valence-electron chi connectivity index (χ1n) is 6.66. The van der Waals surface area contributed by atoms with Crippen molar-refractivity contribution in [3.05, 3.63) is 57.1 Å².